The largest absolute Gasteiger partial charge is 0.389 e. The van der Waals surface area contributed by atoms with Gasteiger partial charge < -0.3 is 15.4 Å². The van der Waals surface area contributed by atoms with Gasteiger partial charge in [-0.25, -0.2) is 0 Å². The van der Waals surface area contributed by atoms with Gasteiger partial charge in [0.2, 0.25) is 0 Å². The maximum atomic E-state index is 10.4. The van der Waals surface area contributed by atoms with Crippen LogP contribution in [0.5, 0.6) is 0 Å². The molecule has 0 radical (unpaired) electrons. The third-order valence-corrected chi connectivity index (χ3v) is 3.99. The lowest BCUT2D eigenvalue weighted by Gasteiger charge is -2.25. The Hall–Kier alpha value is -2.10. The van der Waals surface area contributed by atoms with E-state index in [0.717, 1.165) is 11.1 Å². The molecule has 1 heterocycles. The van der Waals surface area contributed by atoms with E-state index in [9.17, 15) is 5.11 Å². The maximum Gasteiger partial charge on any atom is 0.0910 e. The van der Waals surface area contributed by atoms with Gasteiger partial charge in [0.05, 0.1) is 12.1 Å². The summed E-state index contributed by atoms with van der Waals surface area (Å²) in [5, 5.41) is 11.7. The van der Waals surface area contributed by atoms with E-state index in [1.54, 1.807) is 0 Å². The molecule has 0 aliphatic heterocycles. The van der Waals surface area contributed by atoms with Crippen LogP contribution < -0.4 is 5.73 Å². The Morgan fingerprint density at radius 2 is 1.71 bits per heavy atom. The van der Waals surface area contributed by atoms with Crippen molar-refractivity contribution >= 4 is 10.9 Å². The molecule has 0 amide bonds. The minimum Gasteiger partial charge on any atom is -0.389 e. The van der Waals surface area contributed by atoms with Crippen LogP contribution in [0.2, 0.25) is 0 Å². The number of para-hydroxylation sites is 1. The van der Waals surface area contributed by atoms with Crippen LogP contribution in [0.15, 0.2) is 60.8 Å². The summed E-state index contributed by atoms with van der Waals surface area (Å²) in [6, 6.07) is 18.1. The number of rotatable bonds is 4. The van der Waals surface area contributed by atoms with Crippen LogP contribution in [0.3, 0.4) is 0 Å². The highest BCUT2D eigenvalue weighted by atomic mass is 16.3. The predicted octanol–water partition coefficient (Wildman–Crippen LogP) is 2.86. The first-order valence-electron chi connectivity index (χ1n) is 7.21. The van der Waals surface area contributed by atoms with Gasteiger partial charge in [-0.05, 0) is 24.1 Å². The maximum absolute atomic E-state index is 10.4. The molecular formula is C18H20N2O. The Kier molecular flexibility index (Phi) is 3.78. The van der Waals surface area contributed by atoms with Gasteiger partial charge in [0.15, 0.2) is 0 Å². The molecule has 2 unspecified atom stereocenters. The van der Waals surface area contributed by atoms with Gasteiger partial charge in [-0.15, -0.1) is 0 Å². The van der Waals surface area contributed by atoms with Gasteiger partial charge in [0.1, 0.15) is 0 Å². The van der Waals surface area contributed by atoms with E-state index >= 15 is 0 Å². The van der Waals surface area contributed by atoms with Crippen LogP contribution in [-0.4, -0.2) is 22.3 Å². The van der Waals surface area contributed by atoms with Gasteiger partial charge in [-0.1, -0.05) is 48.5 Å². The fourth-order valence-electron chi connectivity index (χ4n) is 2.96. The Morgan fingerprint density at radius 3 is 2.43 bits per heavy atom. The summed E-state index contributed by atoms with van der Waals surface area (Å²) >= 11 is 0. The zero-order chi connectivity index (χ0) is 14.8. The van der Waals surface area contributed by atoms with Gasteiger partial charge in [0, 0.05) is 23.6 Å². The Bertz CT molecular complexity index is 733. The second-order valence-corrected chi connectivity index (χ2v) is 5.40. The van der Waals surface area contributed by atoms with Crippen LogP contribution in [0.25, 0.3) is 10.9 Å². The van der Waals surface area contributed by atoms with E-state index in [0.29, 0.717) is 0 Å². The molecule has 0 saturated heterocycles. The minimum absolute atomic E-state index is 0.171. The molecule has 0 aliphatic carbocycles. The molecule has 2 atom stereocenters. The van der Waals surface area contributed by atoms with E-state index in [1.807, 2.05) is 42.5 Å². The van der Waals surface area contributed by atoms with Gasteiger partial charge in [-0.3, -0.25) is 0 Å². The predicted molar refractivity (Wildman–Crippen MR) is 86.3 cm³/mol. The number of benzene rings is 2. The molecule has 3 rings (SSSR count). The molecule has 3 nitrogen and oxygen atoms in total. The number of nitrogens with zero attached hydrogens (tertiary/aromatic N) is 1. The standard InChI is InChI=1S/C18H20N2O/c1-13-12-20(16-10-6-5-9-15(13)16)18(17(21)11-19)14-7-3-2-4-8-14/h2-10,12,17-18,21H,11,19H2,1H3. The van der Waals surface area contributed by atoms with Crippen LogP contribution in [0.4, 0.5) is 0 Å². The van der Waals surface area contributed by atoms with Crippen molar-refractivity contribution in [2.75, 3.05) is 6.54 Å². The summed E-state index contributed by atoms with van der Waals surface area (Å²) in [6.07, 6.45) is 1.48. The number of fused-ring (bicyclic) bond motifs is 1. The molecular weight excluding hydrogens is 260 g/mol. The van der Waals surface area contributed by atoms with E-state index in [-0.39, 0.29) is 12.6 Å². The first kappa shape index (κ1) is 13.9. The fourth-order valence-corrected chi connectivity index (χ4v) is 2.96. The van der Waals surface area contributed by atoms with Crippen LogP contribution >= 0.6 is 0 Å². The van der Waals surface area contributed by atoms with Crippen LogP contribution in [0.1, 0.15) is 17.2 Å². The lowest BCUT2D eigenvalue weighted by atomic mass is 10.0. The van der Waals surface area contributed by atoms with Crippen LogP contribution in [0, 0.1) is 6.92 Å². The molecule has 0 fully saturated rings. The molecule has 3 heteroatoms. The normalized spacial score (nSPS) is 14.2. The first-order chi connectivity index (χ1) is 10.2. The summed E-state index contributed by atoms with van der Waals surface area (Å²) in [6.45, 7) is 2.32. The van der Waals surface area contributed by atoms with Gasteiger partial charge >= 0.3 is 0 Å². The van der Waals surface area contributed by atoms with E-state index < -0.39 is 6.10 Å². The Labute approximate surface area is 124 Å². The molecule has 3 N–H and O–H groups in total. The number of aromatic nitrogens is 1. The summed E-state index contributed by atoms with van der Waals surface area (Å²) < 4.78 is 2.14. The summed E-state index contributed by atoms with van der Waals surface area (Å²) in [4.78, 5) is 0. The van der Waals surface area contributed by atoms with Crippen molar-refractivity contribution in [2.45, 2.75) is 19.1 Å². The number of hydrogen-bond acceptors (Lipinski definition) is 2. The molecule has 3 aromatic rings. The van der Waals surface area contributed by atoms with Crippen molar-refractivity contribution in [1.82, 2.24) is 4.57 Å². The molecule has 2 aromatic carbocycles. The Balaban J connectivity index is 2.20. The number of aliphatic hydroxyl groups is 1. The molecule has 21 heavy (non-hydrogen) atoms. The van der Waals surface area contributed by atoms with E-state index in [2.05, 4.69) is 29.8 Å². The highest BCUT2D eigenvalue weighted by molar-refractivity contribution is 5.84. The quantitative estimate of drug-likeness (QED) is 0.772. The van der Waals surface area contributed by atoms with Crippen molar-refractivity contribution in [2.24, 2.45) is 5.73 Å². The molecule has 0 spiro atoms. The van der Waals surface area contributed by atoms with Crippen molar-refractivity contribution in [3.8, 4) is 0 Å². The third kappa shape index (κ3) is 2.46. The fraction of sp³-hybridized carbons (Fsp3) is 0.222. The lowest BCUT2D eigenvalue weighted by Crippen LogP contribution is -2.31. The number of nitrogens with two attached hydrogens (primary N) is 1. The highest BCUT2D eigenvalue weighted by Crippen LogP contribution is 2.29. The Morgan fingerprint density at radius 1 is 1.05 bits per heavy atom. The minimum atomic E-state index is -0.623. The average Bonchev–Trinajstić information content (AvgIpc) is 2.86. The smallest absolute Gasteiger partial charge is 0.0910 e. The second kappa shape index (κ2) is 5.72. The van der Waals surface area contributed by atoms with Gasteiger partial charge in [0.25, 0.3) is 0 Å². The molecule has 0 saturated carbocycles. The number of aryl methyl sites for hydroxylation is 1. The van der Waals surface area contributed by atoms with E-state index in [4.69, 9.17) is 5.73 Å². The zero-order valence-corrected chi connectivity index (χ0v) is 12.1. The highest BCUT2D eigenvalue weighted by Gasteiger charge is 2.23. The second-order valence-electron chi connectivity index (χ2n) is 5.40. The average molecular weight is 280 g/mol. The van der Waals surface area contributed by atoms with Crippen molar-refractivity contribution in [1.29, 1.82) is 0 Å². The summed E-state index contributed by atoms with van der Waals surface area (Å²) in [5.74, 6) is 0. The number of hydrogen-bond donors (Lipinski definition) is 2. The lowest BCUT2D eigenvalue weighted by molar-refractivity contribution is 0.140. The number of aliphatic hydroxyl groups excluding tert-OH is 1. The topological polar surface area (TPSA) is 51.2 Å². The third-order valence-electron chi connectivity index (χ3n) is 3.99. The van der Waals surface area contributed by atoms with Crippen molar-refractivity contribution in [3.05, 3.63) is 71.9 Å². The van der Waals surface area contributed by atoms with Gasteiger partial charge in [-0.2, -0.15) is 0 Å². The first-order valence-corrected chi connectivity index (χ1v) is 7.21. The SMILES string of the molecule is Cc1cn(C(c2ccccc2)C(O)CN)c2ccccc12. The zero-order valence-electron chi connectivity index (χ0n) is 12.1. The van der Waals surface area contributed by atoms with Crippen molar-refractivity contribution < 1.29 is 5.11 Å². The molecule has 0 bridgehead atoms. The van der Waals surface area contributed by atoms with Crippen LogP contribution in [-0.2, 0) is 0 Å². The molecule has 108 valence electrons. The summed E-state index contributed by atoms with van der Waals surface area (Å²) in [7, 11) is 0. The summed E-state index contributed by atoms with van der Waals surface area (Å²) in [5.41, 5.74) is 9.13. The molecule has 0 aliphatic rings. The van der Waals surface area contributed by atoms with Crippen molar-refractivity contribution in [3.63, 3.8) is 0 Å². The monoisotopic (exact) mass is 280 g/mol. The molecule has 1 aromatic heterocycles. The van der Waals surface area contributed by atoms with E-state index in [1.165, 1.54) is 10.9 Å².